The predicted molar refractivity (Wildman–Crippen MR) is 77.2 cm³/mol. The summed E-state index contributed by atoms with van der Waals surface area (Å²) in [4.78, 5) is 13.8. The quantitative estimate of drug-likeness (QED) is 0.917. The normalized spacial score (nSPS) is 11.5. The first-order valence-corrected chi connectivity index (χ1v) is 7.00. The van der Waals surface area contributed by atoms with Crippen LogP contribution in [0.15, 0.2) is 36.5 Å². The highest BCUT2D eigenvalue weighted by atomic mass is 19.4. The van der Waals surface area contributed by atoms with Crippen molar-refractivity contribution in [1.29, 1.82) is 0 Å². The van der Waals surface area contributed by atoms with Gasteiger partial charge in [-0.05, 0) is 31.2 Å². The minimum absolute atomic E-state index is 0.159. The molecule has 2 rings (SSSR count). The Kier molecular flexibility index (Phi) is 5.05. The van der Waals surface area contributed by atoms with E-state index in [4.69, 9.17) is 5.11 Å². The molecule has 0 radical (unpaired) electrons. The molecule has 0 atom stereocenters. The Morgan fingerprint density at radius 1 is 1.35 bits per heavy atom. The maximum Gasteiger partial charge on any atom is 0.435 e. The number of aliphatic hydroxyl groups is 1. The van der Waals surface area contributed by atoms with E-state index in [0.29, 0.717) is 17.8 Å². The number of rotatable bonds is 5. The average molecular weight is 327 g/mol. The number of carbonyl (C=O) groups excluding carboxylic acids is 1. The highest BCUT2D eigenvalue weighted by molar-refractivity contribution is 5.94. The molecule has 0 aliphatic rings. The van der Waals surface area contributed by atoms with E-state index in [1.165, 1.54) is 17.2 Å². The van der Waals surface area contributed by atoms with E-state index in [1.807, 2.05) is 0 Å². The molecule has 0 aliphatic carbocycles. The number of benzene rings is 1. The standard InChI is InChI=1S/C15H16F3N3O2/c1-2-20(8-9-22)14(23)11-4-3-5-12(10-11)21-7-6-13(19-21)15(16,17)18/h3-7,10,22H,2,8-9H2,1H3. The van der Waals surface area contributed by atoms with E-state index in [9.17, 15) is 18.0 Å². The maximum absolute atomic E-state index is 12.6. The average Bonchev–Trinajstić information content (AvgIpc) is 3.02. The molecule has 2 aromatic rings. The summed E-state index contributed by atoms with van der Waals surface area (Å²) in [6.07, 6.45) is -3.32. The van der Waals surface area contributed by atoms with E-state index in [2.05, 4.69) is 5.10 Å². The number of halogens is 3. The van der Waals surface area contributed by atoms with E-state index in [-0.39, 0.29) is 19.1 Å². The van der Waals surface area contributed by atoms with E-state index in [0.717, 1.165) is 10.7 Å². The molecule has 0 saturated heterocycles. The second kappa shape index (κ2) is 6.82. The molecule has 0 unspecified atom stereocenters. The number of aliphatic hydroxyl groups excluding tert-OH is 1. The predicted octanol–water partition coefficient (Wildman–Crippen LogP) is 2.35. The lowest BCUT2D eigenvalue weighted by Gasteiger charge is -2.19. The van der Waals surface area contributed by atoms with Gasteiger partial charge >= 0.3 is 6.18 Å². The molecule has 0 fully saturated rings. The smallest absolute Gasteiger partial charge is 0.395 e. The van der Waals surface area contributed by atoms with Crippen LogP contribution in [0.4, 0.5) is 13.2 Å². The topological polar surface area (TPSA) is 58.4 Å². The molecule has 1 amide bonds. The third-order valence-electron chi connectivity index (χ3n) is 3.28. The van der Waals surface area contributed by atoms with Crippen LogP contribution < -0.4 is 0 Å². The summed E-state index contributed by atoms with van der Waals surface area (Å²) in [5, 5.41) is 12.4. The van der Waals surface area contributed by atoms with Gasteiger partial charge in [0.1, 0.15) is 0 Å². The van der Waals surface area contributed by atoms with Crippen molar-refractivity contribution < 1.29 is 23.1 Å². The van der Waals surface area contributed by atoms with Crippen LogP contribution in [0.5, 0.6) is 0 Å². The number of hydrogen-bond acceptors (Lipinski definition) is 3. The van der Waals surface area contributed by atoms with Crippen molar-refractivity contribution in [3.63, 3.8) is 0 Å². The van der Waals surface area contributed by atoms with Crippen molar-refractivity contribution in [2.24, 2.45) is 0 Å². The summed E-state index contributed by atoms with van der Waals surface area (Å²) in [5.74, 6) is -0.299. The monoisotopic (exact) mass is 327 g/mol. The number of nitrogens with zero attached hydrogens (tertiary/aromatic N) is 3. The first kappa shape index (κ1) is 17.0. The van der Waals surface area contributed by atoms with Crippen LogP contribution in [0.1, 0.15) is 23.0 Å². The fourth-order valence-electron chi connectivity index (χ4n) is 2.11. The van der Waals surface area contributed by atoms with Gasteiger partial charge in [0.25, 0.3) is 5.91 Å². The van der Waals surface area contributed by atoms with Crippen molar-refractivity contribution in [3.8, 4) is 5.69 Å². The Bertz CT molecular complexity index is 683. The zero-order valence-corrected chi connectivity index (χ0v) is 12.4. The van der Waals surface area contributed by atoms with Crippen molar-refractivity contribution >= 4 is 5.91 Å². The van der Waals surface area contributed by atoms with Crippen LogP contribution >= 0.6 is 0 Å². The molecule has 1 N–H and O–H groups in total. The Hall–Kier alpha value is -2.35. The lowest BCUT2D eigenvalue weighted by atomic mass is 10.1. The molecule has 1 aromatic heterocycles. The van der Waals surface area contributed by atoms with Gasteiger partial charge in [0.15, 0.2) is 5.69 Å². The second-order valence-electron chi connectivity index (χ2n) is 4.80. The highest BCUT2D eigenvalue weighted by Gasteiger charge is 2.33. The Balaban J connectivity index is 2.29. The van der Waals surface area contributed by atoms with Gasteiger partial charge in [0.05, 0.1) is 12.3 Å². The maximum atomic E-state index is 12.6. The molecule has 23 heavy (non-hydrogen) atoms. The number of likely N-dealkylation sites (N-methyl/N-ethyl adjacent to an activating group) is 1. The van der Waals surface area contributed by atoms with Gasteiger partial charge in [-0.1, -0.05) is 6.07 Å². The van der Waals surface area contributed by atoms with Crippen LogP contribution in [0.25, 0.3) is 5.69 Å². The van der Waals surface area contributed by atoms with Crippen LogP contribution in [-0.2, 0) is 6.18 Å². The molecule has 8 heteroatoms. The molecule has 0 aliphatic heterocycles. The lowest BCUT2D eigenvalue weighted by Crippen LogP contribution is -2.33. The molecule has 1 aromatic carbocycles. The van der Waals surface area contributed by atoms with Crippen LogP contribution in [-0.4, -0.2) is 45.4 Å². The molecule has 124 valence electrons. The number of alkyl halides is 3. The third kappa shape index (κ3) is 3.89. The summed E-state index contributed by atoms with van der Waals surface area (Å²) < 4.78 is 38.9. The Morgan fingerprint density at radius 3 is 2.65 bits per heavy atom. The molecule has 0 spiro atoms. The number of carbonyl (C=O) groups is 1. The summed E-state index contributed by atoms with van der Waals surface area (Å²) in [7, 11) is 0. The van der Waals surface area contributed by atoms with Gasteiger partial charge in [-0.25, -0.2) is 4.68 Å². The minimum Gasteiger partial charge on any atom is -0.395 e. The van der Waals surface area contributed by atoms with Gasteiger partial charge in [-0.3, -0.25) is 4.79 Å². The molecular weight excluding hydrogens is 311 g/mol. The van der Waals surface area contributed by atoms with Crippen LogP contribution in [0.3, 0.4) is 0 Å². The van der Waals surface area contributed by atoms with Gasteiger partial charge in [-0.2, -0.15) is 18.3 Å². The summed E-state index contributed by atoms with van der Waals surface area (Å²) in [6, 6.07) is 7.05. The molecular formula is C15H16F3N3O2. The fourth-order valence-corrected chi connectivity index (χ4v) is 2.11. The Morgan fingerprint density at radius 2 is 2.09 bits per heavy atom. The van der Waals surface area contributed by atoms with Crippen molar-refractivity contribution in [1.82, 2.24) is 14.7 Å². The zero-order valence-electron chi connectivity index (χ0n) is 12.4. The first-order chi connectivity index (χ1) is 10.9. The van der Waals surface area contributed by atoms with Crippen molar-refractivity contribution in [2.75, 3.05) is 19.7 Å². The SMILES string of the molecule is CCN(CCO)C(=O)c1cccc(-n2ccc(C(F)(F)F)n2)c1. The molecule has 1 heterocycles. The van der Waals surface area contributed by atoms with Gasteiger partial charge in [-0.15, -0.1) is 0 Å². The first-order valence-electron chi connectivity index (χ1n) is 7.00. The van der Waals surface area contributed by atoms with Gasteiger partial charge < -0.3 is 10.0 Å². The molecule has 0 saturated carbocycles. The van der Waals surface area contributed by atoms with E-state index in [1.54, 1.807) is 25.1 Å². The summed E-state index contributed by atoms with van der Waals surface area (Å²) in [5.41, 5.74) is -0.321. The third-order valence-corrected chi connectivity index (χ3v) is 3.28. The molecule has 5 nitrogen and oxygen atoms in total. The zero-order chi connectivity index (χ0) is 17.0. The van der Waals surface area contributed by atoms with Crippen LogP contribution in [0, 0.1) is 0 Å². The second-order valence-corrected chi connectivity index (χ2v) is 4.80. The van der Waals surface area contributed by atoms with E-state index >= 15 is 0 Å². The highest BCUT2D eigenvalue weighted by Crippen LogP contribution is 2.28. The van der Waals surface area contributed by atoms with Crippen molar-refractivity contribution in [2.45, 2.75) is 13.1 Å². The van der Waals surface area contributed by atoms with Crippen molar-refractivity contribution in [3.05, 3.63) is 47.8 Å². The minimum atomic E-state index is -4.52. The van der Waals surface area contributed by atoms with Crippen LogP contribution in [0.2, 0.25) is 0 Å². The van der Waals surface area contributed by atoms with Gasteiger partial charge in [0.2, 0.25) is 0 Å². The summed E-state index contributed by atoms with van der Waals surface area (Å²) in [6.45, 7) is 2.23. The van der Waals surface area contributed by atoms with E-state index < -0.39 is 11.9 Å². The largest absolute Gasteiger partial charge is 0.435 e. The number of hydrogen-bond donors (Lipinski definition) is 1. The molecule has 0 bridgehead atoms. The lowest BCUT2D eigenvalue weighted by molar-refractivity contribution is -0.141. The van der Waals surface area contributed by atoms with Gasteiger partial charge in [0, 0.05) is 24.8 Å². The number of aromatic nitrogens is 2. The Labute approximate surface area is 130 Å². The fraction of sp³-hybridized carbons (Fsp3) is 0.333. The summed E-state index contributed by atoms with van der Waals surface area (Å²) >= 11 is 0. The number of amides is 1.